The van der Waals surface area contributed by atoms with Crippen LogP contribution in [0.3, 0.4) is 0 Å². The van der Waals surface area contributed by atoms with Gasteiger partial charge in [0.25, 0.3) is 5.91 Å². The minimum atomic E-state index is -0.0700. The smallest absolute Gasteiger partial charge is 0.256 e. The molecular formula is C14H18N4O. The van der Waals surface area contributed by atoms with E-state index in [0.717, 1.165) is 11.1 Å². The van der Waals surface area contributed by atoms with Crippen molar-refractivity contribution >= 4 is 11.6 Å². The Morgan fingerprint density at radius 1 is 1.47 bits per heavy atom. The minimum absolute atomic E-state index is 0.0700. The van der Waals surface area contributed by atoms with Crippen LogP contribution in [0.2, 0.25) is 0 Å². The van der Waals surface area contributed by atoms with E-state index in [2.05, 4.69) is 5.10 Å². The van der Waals surface area contributed by atoms with Crippen LogP contribution >= 0.6 is 0 Å². The molecule has 2 N–H and O–H groups in total. The van der Waals surface area contributed by atoms with Gasteiger partial charge in [-0.25, -0.2) is 0 Å². The summed E-state index contributed by atoms with van der Waals surface area (Å²) in [6.07, 6.45) is 3.65. The van der Waals surface area contributed by atoms with Crippen LogP contribution in [0, 0.1) is 6.92 Å². The van der Waals surface area contributed by atoms with Gasteiger partial charge in [0.1, 0.15) is 0 Å². The molecule has 1 heterocycles. The van der Waals surface area contributed by atoms with Gasteiger partial charge in [-0.15, -0.1) is 0 Å². The maximum absolute atomic E-state index is 12.4. The Kier molecular flexibility index (Phi) is 3.55. The molecule has 2 rings (SSSR count). The number of hydrogen-bond acceptors (Lipinski definition) is 3. The molecule has 0 aliphatic heterocycles. The van der Waals surface area contributed by atoms with Gasteiger partial charge >= 0.3 is 0 Å². The molecule has 1 aromatic carbocycles. The number of aromatic nitrogens is 2. The normalized spacial score (nSPS) is 10.5. The summed E-state index contributed by atoms with van der Waals surface area (Å²) in [4.78, 5) is 14.1. The molecule has 1 amide bonds. The van der Waals surface area contributed by atoms with Crippen LogP contribution in [0.4, 0.5) is 5.69 Å². The second kappa shape index (κ2) is 5.14. The topological polar surface area (TPSA) is 64.2 Å². The first-order chi connectivity index (χ1) is 8.99. The van der Waals surface area contributed by atoms with Crippen LogP contribution < -0.4 is 5.73 Å². The van der Waals surface area contributed by atoms with Crippen molar-refractivity contribution < 1.29 is 4.79 Å². The Morgan fingerprint density at radius 3 is 2.79 bits per heavy atom. The molecule has 0 unspecified atom stereocenters. The molecule has 0 aliphatic carbocycles. The molecule has 2 aromatic rings. The highest BCUT2D eigenvalue weighted by molar-refractivity contribution is 6.00. The third-order valence-electron chi connectivity index (χ3n) is 3.04. The van der Waals surface area contributed by atoms with Gasteiger partial charge in [-0.3, -0.25) is 9.48 Å². The van der Waals surface area contributed by atoms with Crippen LogP contribution in [0.5, 0.6) is 0 Å². The zero-order chi connectivity index (χ0) is 14.0. The maximum Gasteiger partial charge on any atom is 0.256 e. The van der Waals surface area contributed by atoms with Crippen LogP contribution in [0.1, 0.15) is 21.5 Å². The van der Waals surface area contributed by atoms with Crippen LogP contribution in [0.25, 0.3) is 0 Å². The van der Waals surface area contributed by atoms with Crippen molar-refractivity contribution in [1.29, 1.82) is 0 Å². The summed E-state index contributed by atoms with van der Waals surface area (Å²) in [5, 5.41) is 4.09. The number of anilines is 1. The lowest BCUT2D eigenvalue weighted by molar-refractivity contribution is 0.0785. The Bertz CT molecular complexity index is 583. The molecule has 0 radical (unpaired) electrons. The number of nitrogen functional groups attached to an aromatic ring is 1. The number of hydrogen-bond donors (Lipinski definition) is 1. The van der Waals surface area contributed by atoms with Crippen molar-refractivity contribution in [2.24, 2.45) is 7.05 Å². The monoisotopic (exact) mass is 258 g/mol. The molecule has 0 atom stereocenters. The Labute approximate surface area is 112 Å². The fourth-order valence-electron chi connectivity index (χ4n) is 2.07. The van der Waals surface area contributed by atoms with Crippen LogP contribution in [-0.2, 0) is 13.6 Å². The highest BCUT2D eigenvalue weighted by atomic mass is 16.2. The average Bonchev–Trinajstić information content (AvgIpc) is 2.74. The maximum atomic E-state index is 12.4. The molecule has 19 heavy (non-hydrogen) atoms. The van der Waals surface area contributed by atoms with Gasteiger partial charge in [-0.1, -0.05) is 12.1 Å². The van der Waals surface area contributed by atoms with Gasteiger partial charge in [-0.05, 0) is 18.6 Å². The molecule has 5 nitrogen and oxygen atoms in total. The SMILES string of the molecule is Cc1cccc(N)c1C(=O)N(C)Cc1cnn(C)c1. The van der Waals surface area contributed by atoms with E-state index in [-0.39, 0.29) is 5.91 Å². The van der Waals surface area contributed by atoms with E-state index in [1.54, 1.807) is 28.9 Å². The molecule has 0 fully saturated rings. The fourth-order valence-corrected chi connectivity index (χ4v) is 2.07. The largest absolute Gasteiger partial charge is 0.398 e. The Hall–Kier alpha value is -2.30. The first-order valence-corrected chi connectivity index (χ1v) is 6.07. The van der Waals surface area contributed by atoms with E-state index < -0.39 is 0 Å². The summed E-state index contributed by atoms with van der Waals surface area (Å²) in [5.74, 6) is -0.0700. The first kappa shape index (κ1) is 13.1. The van der Waals surface area contributed by atoms with Crippen molar-refractivity contribution in [3.8, 4) is 0 Å². The van der Waals surface area contributed by atoms with Crippen molar-refractivity contribution in [3.05, 3.63) is 47.3 Å². The fraction of sp³-hybridized carbons (Fsp3) is 0.286. The van der Waals surface area contributed by atoms with Gasteiger partial charge in [-0.2, -0.15) is 5.10 Å². The van der Waals surface area contributed by atoms with Crippen LogP contribution in [-0.4, -0.2) is 27.6 Å². The molecule has 0 bridgehead atoms. The molecule has 0 aliphatic rings. The second-order valence-electron chi connectivity index (χ2n) is 4.72. The van der Waals surface area contributed by atoms with E-state index in [9.17, 15) is 4.79 Å². The van der Waals surface area contributed by atoms with E-state index in [1.807, 2.05) is 32.3 Å². The van der Waals surface area contributed by atoms with Crippen LogP contribution in [0.15, 0.2) is 30.6 Å². The summed E-state index contributed by atoms with van der Waals surface area (Å²) >= 11 is 0. The average molecular weight is 258 g/mol. The zero-order valence-corrected chi connectivity index (χ0v) is 11.4. The first-order valence-electron chi connectivity index (χ1n) is 6.07. The predicted molar refractivity (Wildman–Crippen MR) is 74.6 cm³/mol. The highest BCUT2D eigenvalue weighted by Crippen LogP contribution is 2.18. The van der Waals surface area contributed by atoms with E-state index in [4.69, 9.17) is 5.73 Å². The van der Waals surface area contributed by atoms with Gasteiger partial charge in [0.2, 0.25) is 0 Å². The quantitative estimate of drug-likeness (QED) is 0.850. The van der Waals surface area contributed by atoms with E-state index in [1.165, 1.54) is 0 Å². The number of aryl methyl sites for hydroxylation is 2. The molecule has 0 spiro atoms. The van der Waals surface area contributed by atoms with Crippen molar-refractivity contribution in [2.45, 2.75) is 13.5 Å². The number of nitrogens with zero attached hydrogens (tertiary/aromatic N) is 3. The van der Waals surface area contributed by atoms with E-state index >= 15 is 0 Å². The lowest BCUT2D eigenvalue weighted by Crippen LogP contribution is -2.27. The van der Waals surface area contributed by atoms with Crippen molar-refractivity contribution in [3.63, 3.8) is 0 Å². The number of rotatable bonds is 3. The number of carbonyl (C=O) groups excluding carboxylic acids is 1. The Balaban J connectivity index is 2.19. The summed E-state index contributed by atoms with van der Waals surface area (Å²) in [6.45, 7) is 2.40. The molecule has 0 saturated carbocycles. The lowest BCUT2D eigenvalue weighted by atomic mass is 10.1. The van der Waals surface area contributed by atoms with Gasteiger partial charge in [0.05, 0.1) is 11.8 Å². The van der Waals surface area contributed by atoms with Gasteiger partial charge in [0, 0.05) is 38.1 Å². The lowest BCUT2D eigenvalue weighted by Gasteiger charge is -2.18. The summed E-state index contributed by atoms with van der Waals surface area (Å²) in [5.41, 5.74) is 8.87. The highest BCUT2D eigenvalue weighted by Gasteiger charge is 2.17. The third kappa shape index (κ3) is 2.76. The van der Waals surface area contributed by atoms with Crippen molar-refractivity contribution in [1.82, 2.24) is 14.7 Å². The standard InChI is InChI=1S/C14H18N4O/c1-10-5-4-6-12(15)13(10)14(19)17(2)8-11-7-16-18(3)9-11/h4-7,9H,8,15H2,1-3H3. The zero-order valence-electron chi connectivity index (χ0n) is 11.4. The second-order valence-corrected chi connectivity index (χ2v) is 4.72. The number of benzene rings is 1. The van der Waals surface area contributed by atoms with Gasteiger partial charge < -0.3 is 10.6 Å². The predicted octanol–water partition coefficient (Wildman–Crippen LogP) is 1.58. The third-order valence-corrected chi connectivity index (χ3v) is 3.04. The molecular weight excluding hydrogens is 240 g/mol. The molecule has 5 heteroatoms. The summed E-state index contributed by atoms with van der Waals surface area (Å²) in [7, 11) is 3.62. The summed E-state index contributed by atoms with van der Waals surface area (Å²) < 4.78 is 1.72. The summed E-state index contributed by atoms with van der Waals surface area (Å²) in [6, 6.07) is 5.49. The Morgan fingerprint density at radius 2 is 2.21 bits per heavy atom. The molecule has 100 valence electrons. The van der Waals surface area contributed by atoms with Gasteiger partial charge in [0.15, 0.2) is 0 Å². The number of carbonyl (C=O) groups is 1. The number of amides is 1. The minimum Gasteiger partial charge on any atom is -0.398 e. The van der Waals surface area contributed by atoms with Crippen molar-refractivity contribution in [2.75, 3.05) is 12.8 Å². The molecule has 0 saturated heterocycles. The van der Waals surface area contributed by atoms with E-state index in [0.29, 0.717) is 17.8 Å². The molecule has 1 aromatic heterocycles. The number of nitrogens with two attached hydrogens (primary N) is 1.